The second-order valence-corrected chi connectivity index (χ2v) is 3.78. The highest BCUT2D eigenvalue weighted by atomic mass is 16.5. The highest BCUT2D eigenvalue weighted by Gasteiger charge is 2.08. The number of methoxy groups -OCH3 is 1. The Morgan fingerprint density at radius 2 is 2.25 bits per heavy atom. The quantitative estimate of drug-likeness (QED) is 0.766. The Morgan fingerprint density at radius 1 is 1.50 bits per heavy atom. The van der Waals surface area contributed by atoms with Crippen molar-refractivity contribution in [1.82, 2.24) is 5.32 Å². The van der Waals surface area contributed by atoms with Crippen molar-refractivity contribution >= 4 is 0 Å². The lowest BCUT2D eigenvalue weighted by molar-refractivity contribution is 0.411. The minimum atomic E-state index is -0.00967. The van der Waals surface area contributed by atoms with Crippen LogP contribution in [0.15, 0.2) is 18.2 Å². The van der Waals surface area contributed by atoms with Crippen LogP contribution in [0.4, 0.5) is 0 Å². The molecule has 0 aliphatic carbocycles. The van der Waals surface area contributed by atoms with E-state index in [-0.39, 0.29) is 6.04 Å². The second-order valence-electron chi connectivity index (χ2n) is 3.78. The van der Waals surface area contributed by atoms with E-state index in [0.29, 0.717) is 0 Å². The first-order valence-electron chi connectivity index (χ1n) is 5.57. The highest BCUT2D eigenvalue weighted by molar-refractivity contribution is 5.39. The van der Waals surface area contributed by atoms with Gasteiger partial charge in [-0.15, -0.1) is 6.42 Å². The molecule has 2 nitrogen and oxygen atoms in total. The van der Waals surface area contributed by atoms with Gasteiger partial charge in [-0.1, -0.05) is 18.9 Å². The van der Waals surface area contributed by atoms with Gasteiger partial charge in [0.1, 0.15) is 5.75 Å². The zero-order chi connectivity index (χ0) is 12.0. The van der Waals surface area contributed by atoms with Gasteiger partial charge in [0.15, 0.2) is 0 Å². The van der Waals surface area contributed by atoms with E-state index in [2.05, 4.69) is 24.2 Å². The van der Waals surface area contributed by atoms with E-state index in [1.165, 1.54) is 0 Å². The third kappa shape index (κ3) is 3.01. The molecule has 0 spiro atoms. The van der Waals surface area contributed by atoms with Crippen LogP contribution in [-0.2, 0) is 0 Å². The first-order chi connectivity index (χ1) is 7.72. The predicted molar refractivity (Wildman–Crippen MR) is 67.6 cm³/mol. The molecule has 2 heteroatoms. The molecule has 0 radical (unpaired) electrons. The van der Waals surface area contributed by atoms with E-state index < -0.39 is 0 Å². The summed E-state index contributed by atoms with van der Waals surface area (Å²) in [7, 11) is 1.68. The van der Waals surface area contributed by atoms with Gasteiger partial charge in [-0.2, -0.15) is 0 Å². The lowest BCUT2D eigenvalue weighted by Crippen LogP contribution is -2.20. The van der Waals surface area contributed by atoms with Gasteiger partial charge in [0, 0.05) is 0 Å². The molecule has 0 aliphatic heterocycles. The van der Waals surface area contributed by atoms with Crippen LogP contribution < -0.4 is 10.1 Å². The summed E-state index contributed by atoms with van der Waals surface area (Å²) in [5.41, 5.74) is 2.23. The molecule has 1 unspecified atom stereocenters. The lowest BCUT2D eigenvalue weighted by atomic mass is 10.0. The van der Waals surface area contributed by atoms with E-state index >= 15 is 0 Å². The first-order valence-corrected chi connectivity index (χ1v) is 5.57. The van der Waals surface area contributed by atoms with Crippen molar-refractivity contribution in [3.63, 3.8) is 0 Å². The van der Waals surface area contributed by atoms with Gasteiger partial charge < -0.3 is 10.1 Å². The summed E-state index contributed by atoms with van der Waals surface area (Å²) in [6.07, 6.45) is 6.60. The lowest BCUT2D eigenvalue weighted by Gasteiger charge is -2.14. The van der Waals surface area contributed by atoms with Crippen molar-refractivity contribution in [3.8, 4) is 18.1 Å². The number of ether oxygens (including phenoxy) is 1. The average Bonchev–Trinajstić information content (AvgIpc) is 2.30. The predicted octanol–water partition coefficient (Wildman–Crippen LogP) is 2.68. The Kier molecular flexibility index (Phi) is 4.88. The summed E-state index contributed by atoms with van der Waals surface area (Å²) in [6, 6.07) is 6.04. The van der Waals surface area contributed by atoms with E-state index in [1.807, 2.05) is 19.1 Å². The van der Waals surface area contributed by atoms with Crippen molar-refractivity contribution in [2.45, 2.75) is 26.3 Å². The zero-order valence-electron chi connectivity index (χ0n) is 10.2. The summed E-state index contributed by atoms with van der Waals surface area (Å²) >= 11 is 0. The van der Waals surface area contributed by atoms with Crippen molar-refractivity contribution in [3.05, 3.63) is 29.3 Å². The monoisotopic (exact) mass is 217 g/mol. The molecule has 0 saturated carbocycles. The van der Waals surface area contributed by atoms with Gasteiger partial charge in [-0.3, -0.25) is 0 Å². The topological polar surface area (TPSA) is 21.3 Å². The van der Waals surface area contributed by atoms with Crippen LogP contribution in [0.5, 0.6) is 5.75 Å². The number of rotatable bonds is 5. The fourth-order valence-corrected chi connectivity index (χ4v) is 1.64. The molecule has 0 bridgehead atoms. The van der Waals surface area contributed by atoms with Crippen molar-refractivity contribution in [2.24, 2.45) is 0 Å². The van der Waals surface area contributed by atoms with Gasteiger partial charge in [-0.05, 0) is 43.1 Å². The summed E-state index contributed by atoms with van der Waals surface area (Å²) < 4.78 is 5.22. The van der Waals surface area contributed by atoms with Crippen molar-refractivity contribution < 1.29 is 4.74 Å². The molecule has 0 amide bonds. The molecule has 0 saturated heterocycles. The van der Waals surface area contributed by atoms with Crippen LogP contribution in [0.2, 0.25) is 0 Å². The molecule has 1 rings (SSSR count). The normalized spacial score (nSPS) is 11.9. The molecule has 0 aliphatic rings. The van der Waals surface area contributed by atoms with Gasteiger partial charge in [-0.25, -0.2) is 0 Å². The number of nitrogens with one attached hydrogen (secondary N) is 1. The number of hydrogen-bond acceptors (Lipinski definition) is 2. The largest absolute Gasteiger partial charge is 0.496 e. The number of benzene rings is 1. The number of hydrogen-bond donors (Lipinski definition) is 1. The van der Waals surface area contributed by atoms with E-state index in [1.54, 1.807) is 7.11 Å². The maximum Gasteiger partial charge on any atom is 0.121 e. The number of terminal acetylenes is 1. The van der Waals surface area contributed by atoms with E-state index in [9.17, 15) is 0 Å². The second kappa shape index (κ2) is 6.19. The summed E-state index contributed by atoms with van der Waals surface area (Å²) in [5.74, 6) is 3.66. The minimum Gasteiger partial charge on any atom is -0.496 e. The summed E-state index contributed by atoms with van der Waals surface area (Å²) in [4.78, 5) is 0. The average molecular weight is 217 g/mol. The minimum absolute atomic E-state index is 0.00967. The Balaban J connectivity index is 2.86. The van der Waals surface area contributed by atoms with Crippen LogP contribution in [0.25, 0.3) is 0 Å². The highest BCUT2D eigenvalue weighted by Crippen LogP contribution is 2.22. The van der Waals surface area contributed by atoms with Crippen molar-refractivity contribution in [1.29, 1.82) is 0 Å². The fraction of sp³-hybridized carbons (Fsp3) is 0.429. The maximum absolute atomic E-state index is 5.52. The van der Waals surface area contributed by atoms with Gasteiger partial charge in [0.05, 0.1) is 13.2 Å². The van der Waals surface area contributed by atoms with Gasteiger partial charge in [0.25, 0.3) is 0 Å². The molecule has 0 fully saturated rings. The van der Waals surface area contributed by atoms with Crippen LogP contribution >= 0.6 is 0 Å². The van der Waals surface area contributed by atoms with Crippen molar-refractivity contribution in [2.75, 3.05) is 13.7 Å². The van der Waals surface area contributed by atoms with E-state index in [0.717, 1.165) is 29.8 Å². The Bertz CT molecular complexity index is 379. The third-order valence-electron chi connectivity index (χ3n) is 2.52. The SMILES string of the molecule is C#CC(NCCC)c1ccc(OC)c(C)c1. The molecule has 86 valence electrons. The smallest absolute Gasteiger partial charge is 0.121 e. The van der Waals surface area contributed by atoms with Crippen LogP contribution in [0.3, 0.4) is 0 Å². The maximum atomic E-state index is 5.52. The Hall–Kier alpha value is -1.46. The Morgan fingerprint density at radius 3 is 2.75 bits per heavy atom. The third-order valence-corrected chi connectivity index (χ3v) is 2.52. The van der Waals surface area contributed by atoms with Crippen LogP contribution in [-0.4, -0.2) is 13.7 Å². The first kappa shape index (κ1) is 12.6. The molecule has 0 aromatic heterocycles. The van der Waals surface area contributed by atoms with Gasteiger partial charge in [0.2, 0.25) is 0 Å². The fourth-order valence-electron chi connectivity index (χ4n) is 1.64. The zero-order valence-corrected chi connectivity index (χ0v) is 10.2. The summed E-state index contributed by atoms with van der Waals surface area (Å²) in [6.45, 7) is 5.08. The standard InChI is InChI=1S/C14H19NO/c1-5-9-15-13(6-2)12-7-8-14(16-4)11(3)10-12/h2,7-8,10,13,15H,5,9H2,1,3-4H3. The summed E-state index contributed by atoms with van der Waals surface area (Å²) in [5, 5.41) is 3.32. The molecular weight excluding hydrogens is 198 g/mol. The molecule has 16 heavy (non-hydrogen) atoms. The molecule has 1 aromatic carbocycles. The number of aryl methyl sites for hydroxylation is 1. The van der Waals surface area contributed by atoms with Crippen LogP contribution in [0, 0.1) is 19.3 Å². The van der Waals surface area contributed by atoms with E-state index in [4.69, 9.17) is 11.2 Å². The Labute approximate surface area is 98.0 Å². The molecule has 1 aromatic rings. The van der Waals surface area contributed by atoms with Gasteiger partial charge >= 0.3 is 0 Å². The molecular formula is C14H19NO. The molecule has 1 N–H and O–H groups in total. The molecule has 1 atom stereocenters. The van der Waals surface area contributed by atoms with Crippen LogP contribution in [0.1, 0.15) is 30.5 Å². The molecule has 0 heterocycles.